The summed E-state index contributed by atoms with van der Waals surface area (Å²) in [6, 6.07) is 7.32. The number of carbonyl (C=O) groups excluding carboxylic acids is 1. The molecule has 2 aliphatic rings. The summed E-state index contributed by atoms with van der Waals surface area (Å²) in [6.07, 6.45) is 1.22. The molecule has 0 saturated carbocycles. The summed E-state index contributed by atoms with van der Waals surface area (Å²) in [5, 5.41) is 13.9. The first-order chi connectivity index (χ1) is 18.2. The summed E-state index contributed by atoms with van der Waals surface area (Å²) < 4.78 is 26.1. The Morgan fingerprint density at radius 3 is 2.74 bits per heavy atom. The van der Waals surface area contributed by atoms with E-state index in [1.807, 2.05) is 4.90 Å². The third-order valence-corrected chi connectivity index (χ3v) is 7.17. The van der Waals surface area contributed by atoms with E-state index in [0.717, 1.165) is 0 Å². The highest BCUT2D eigenvalue weighted by atomic mass is 19.1. The molecular weight excluding hydrogens is 493 g/mol. The average Bonchev–Trinajstić information content (AvgIpc) is 3.16. The lowest BCUT2D eigenvalue weighted by atomic mass is 9.89. The molecule has 1 unspecified atom stereocenters. The van der Waals surface area contributed by atoms with Gasteiger partial charge in [0.2, 0.25) is 0 Å². The van der Waals surface area contributed by atoms with Crippen LogP contribution in [0, 0.1) is 12.7 Å². The van der Waals surface area contributed by atoms with Gasteiger partial charge in [-0.2, -0.15) is 9.97 Å². The second-order valence-corrected chi connectivity index (χ2v) is 9.64. The standard InChI is InChI=1S/C27H24FN5O5/c1-13-21-20(24(35)38-22(13)17-11-16(34)10-15-6-4-7-18(28)19(15)17)23(31-26(30-21)37-3)33-9-5-8-27(12-33)25(36)29-14(2)32-27/h4,6-7,10-11,34H,5,8-9,12H2,1-3H3,(H,29,32,36). The van der Waals surface area contributed by atoms with Gasteiger partial charge >= 0.3 is 11.6 Å². The molecule has 1 fully saturated rings. The number of halogens is 1. The summed E-state index contributed by atoms with van der Waals surface area (Å²) in [5.74, 6) is 0.0795. The normalized spacial score (nSPS) is 19.3. The Bertz CT molecular complexity index is 1750. The second kappa shape index (κ2) is 8.51. The number of anilines is 1. The molecule has 0 bridgehead atoms. The van der Waals surface area contributed by atoms with Crippen LogP contribution in [0.1, 0.15) is 25.3 Å². The zero-order valence-electron chi connectivity index (χ0n) is 21.0. The summed E-state index contributed by atoms with van der Waals surface area (Å²) in [6.45, 7) is 4.18. The van der Waals surface area contributed by atoms with Crippen molar-refractivity contribution in [1.82, 2.24) is 15.3 Å². The molecule has 38 heavy (non-hydrogen) atoms. The second-order valence-electron chi connectivity index (χ2n) is 9.64. The number of phenolic OH excluding ortho intramolecular Hbond substituents is 1. The van der Waals surface area contributed by atoms with Gasteiger partial charge in [-0.25, -0.2) is 9.18 Å². The topological polar surface area (TPSA) is 130 Å². The van der Waals surface area contributed by atoms with Crippen molar-refractivity contribution in [3.8, 4) is 23.1 Å². The van der Waals surface area contributed by atoms with Gasteiger partial charge in [0.15, 0.2) is 11.4 Å². The molecule has 11 heteroatoms. The SMILES string of the molecule is COc1nc(N2CCCC3(C2)N=C(C)NC3=O)c2c(=O)oc(-c3cc(O)cc4cccc(F)c34)c(C)c2n1. The Labute approximate surface area is 215 Å². The number of hydrogen-bond acceptors (Lipinski definition) is 9. The predicted molar refractivity (Wildman–Crippen MR) is 139 cm³/mol. The minimum Gasteiger partial charge on any atom is -0.508 e. The molecule has 194 valence electrons. The van der Waals surface area contributed by atoms with Crippen molar-refractivity contribution in [1.29, 1.82) is 0 Å². The van der Waals surface area contributed by atoms with Gasteiger partial charge in [0.1, 0.15) is 28.5 Å². The van der Waals surface area contributed by atoms with Gasteiger partial charge < -0.3 is 24.5 Å². The highest BCUT2D eigenvalue weighted by Crippen LogP contribution is 2.39. The van der Waals surface area contributed by atoms with Crippen molar-refractivity contribution in [3.63, 3.8) is 0 Å². The van der Waals surface area contributed by atoms with E-state index in [1.54, 1.807) is 19.9 Å². The van der Waals surface area contributed by atoms with E-state index in [9.17, 15) is 19.1 Å². The third kappa shape index (κ3) is 3.57. The van der Waals surface area contributed by atoms with Gasteiger partial charge in [-0.3, -0.25) is 9.79 Å². The predicted octanol–water partition coefficient (Wildman–Crippen LogP) is 3.45. The number of ether oxygens (including phenoxy) is 1. The smallest absolute Gasteiger partial charge is 0.349 e. The molecule has 4 heterocycles. The molecule has 2 aromatic carbocycles. The zero-order valence-corrected chi connectivity index (χ0v) is 21.0. The third-order valence-electron chi connectivity index (χ3n) is 7.17. The number of amides is 1. The number of aryl methyl sites for hydroxylation is 1. The summed E-state index contributed by atoms with van der Waals surface area (Å²) >= 11 is 0. The Morgan fingerprint density at radius 1 is 1.18 bits per heavy atom. The van der Waals surface area contributed by atoms with Crippen molar-refractivity contribution in [2.45, 2.75) is 32.2 Å². The van der Waals surface area contributed by atoms with E-state index >= 15 is 0 Å². The molecule has 1 saturated heterocycles. The molecule has 6 rings (SSSR count). The number of hydrogen-bond donors (Lipinski definition) is 2. The monoisotopic (exact) mass is 517 g/mol. The summed E-state index contributed by atoms with van der Waals surface area (Å²) in [5.41, 5.74) is -0.781. The summed E-state index contributed by atoms with van der Waals surface area (Å²) in [4.78, 5) is 41.7. The Morgan fingerprint density at radius 2 is 2.00 bits per heavy atom. The molecular formula is C27H24FN5O5. The van der Waals surface area contributed by atoms with E-state index in [2.05, 4.69) is 20.3 Å². The van der Waals surface area contributed by atoms with Crippen LogP contribution in [0.25, 0.3) is 33.0 Å². The fourth-order valence-corrected chi connectivity index (χ4v) is 5.51. The fraction of sp³-hybridized carbons (Fsp3) is 0.296. The number of aliphatic imine (C=N–C) groups is 1. The number of nitrogens with zero attached hydrogens (tertiary/aromatic N) is 4. The van der Waals surface area contributed by atoms with Gasteiger partial charge in [0, 0.05) is 23.1 Å². The van der Waals surface area contributed by atoms with Crippen LogP contribution in [0.5, 0.6) is 11.8 Å². The lowest BCUT2D eigenvalue weighted by Gasteiger charge is -2.37. The lowest BCUT2D eigenvalue weighted by Crippen LogP contribution is -2.53. The molecule has 2 N–H and O–H groups in total. The number of rotatable bonds is 3. The molecule has 10 nitrogen and oxygen atoms in total. The molecule has 2 aliphatic heterocycles. The van der Waals surface area contributed by atoms with Crippen molar-refractivity contribution in [2.75, 3.05) is 25.1 Å². The lowest BCUT2D eigenvalue weighted by molar-refractivity contribution is -0.124. The minimum absolute atomic E-state index is 0.0225. The number of nitrogens with one attached hydrogen (secondary N) is 1. The molecule has 1 atom stereocenters. The molecule has 0 radical (unpaired) electrons. The van der Waals surface area contributed by atoms with Crippen LogP contribution in [0.15, 0.2) is 44.5 Å². The van der Waals surface area contributed by atoms with E-state index in [0.29, 0.717) is 36.2 Å². The van der Waals surface area contributed by atoms with E-state index in [1.165, 1.54) is 31.4 Å². The average molecular weight is 518 g/mol. The van der Waals surface area contributed by atoms with E-state index < -0.39 is 17.0 Å². The van der Waals surface area contributed by atoms with Crippen molar-refractivity contribution in [2.24, 2.45) is 4.99 Å². The van der Waals surface area contributed by atoms with Crippen molar-refractivity contribution >= 4 is 39.2 Å². The van der Waals surface area contributed by atoms with Crippen molar-refractivity contribution < 1.29 is 23.4 Å². The molecule has 4 aromatic rings. The van der Waals surface area contributed by atoms with Crippen LogP contribution in [-0.4, -0.2) is 52.6 Å². The van der Waals surface area contributed by atoms with Gasteiger partial charge in [-0.15, -0.1) is 0 Å². The number of phenols is 1. The van der Waals surface area contributed by atoms with Crippen LogP contribution in [0.3, 0.4) is 0 Å². The fourth-order valence-electron chi connectivity index (χ4n) is 5.51. The van der Waals surface area contributed by atoms with Crippen LogP contribution in [0.4, 0.5) is 10.2 Å². The maximum absolute atomic E-state index is 14.9. The first-order valence-corrected chi connectivity index (χ1v) is 12.1. The molecule has 2 aromatic heterocycles. The molecule has 1 amide bonds. The van der Waals surface area contributed by atoms with Gasteiger partial charge in [-0.1, -0.05) is 12.1 Å². The molecule has 0 aliphatic carbocycles. The van der Waals surface area contributed by atoms with E-state index in [4.69, 9.17) is 9.15 Å². The maximum atomic E-state index is 14.9. The van der Waals surface area contributed by atoms with Crippen LogP contribution in [-0.2, 0) is 4.79 Å². The number of aromatic nitrogens is 2. The van der Waals surface area contributed by atoms with Gasteiger partial charge in [0.25, 0.3) is 5.91 Å². The number of fused-ring (bicyclic) bond motifs is 2. The van der Waals surface area contributed by atoms with E-state index in [-0.39, 0.29) is 57.6 Å². The first-order valence-electron chi connectivity index (χ1n) is 12.1. The maximum Gasteiger partial charge on any atom is 0.349 e. The zero-order chi connectivity index (χ0) is 26.8. The van der Waals surface area contributed by atoms with Crippen molar-refractivity contribution in [3.05, 3.63) is 52.1 Å². The number of benzene rings is 2. The van der Waals surface area contributed by atoms with Crippen LogP contribution < -0.4 is 20.6 Å². The number of amidine groups is 1. The first kappa shape index (κ1) is 23.8. The number of methoxy groups -OCH3 is 1. The highest BCUT2D eigenvalue weighted by Gasteiger charge is 2.46. The highest BCUT2D eigenvalue weighted by molar-refractivity contribution is 6.08. The Balaban J connectivity index is 1.58. The van der Waals surface area contributed by atoms with Gasteiger partial charge in [-0.05, 0) is 50.3 Å². The molecule has 1 spiro atoms. The quantitative estimate of drug-likeness (QED) is 0.423. The number of carbonyl (C=O) groups is 1. The largest absolute Gasteiger partial charge is 0.508 e. The Hall–Kier alpha value is -4.54. The Kier molecular flexibility index (Phi) is 5.33. The summed E-state index contributed by atoms with van der Waals surface area (Å²) in [7, 11) is 1.42. The van der Waals surface area contributed by atoms with Crippen LogP contribution in [0.2, 0.25) is 0 Å². The van der Waals surface area contributed by atoms with Gasteiger partial charge in [0.05, 0.1) is 19.2 Å². The number of piperidine rings is 1. The number of aromatic hydroxyl groups is 1. The minimum atomic E-state index is -0.972. The van der Waals surface area contributed by atoms with Crippen LogP contribution >= 0.6 is 0 Å².